The smallest absolute Gasteiger partial charge is 0.281 e. The van der Waals surface area contributed by atoms with Crippen LogP contribution in [0.1, 0.15) is 100 Å². The molecule has 0 radical (unpaired) electrons. The summed E-state index contributed by atoms with van der Waals surface area (Å²) in [5.74, 6) is 6.64. The molecule has 2 spiro atoms. The molecule has 1 atom stereocenters. The van der Waals surface area contributed by atoms with Crippen LogP contribution >= 0.6 is 15.9 Å². The fourth-order valence-electron chi connectivity index (χ4n) is 8.83. The number of halogens is 1. The Morgan fingerprint density at radius 3 is 2.52 bits per heavy atom. The van der Waals surface area contributed by atoms with Crippen LogP contribution in [0.25, 0.3) is 16.7 Å². The first kappa shape index (κ1) is 25.2. The van der Waals surface area contributed by atoms with Crippen molar-refractivity contribution in [2.24, 2.45) is 11.3 Å². The van der Waals surface area contributed by atoms with Crippen LogP contribution in [0, 0.1) is 23.7 Å². The minimum Gasteiger partial charge on any atom is -0.300 e. The molecule has 40 heavy (non-hydrogen) atoms. The van der Waals surface area contributed by atoms with Gasteiger partial charge in [0.2, 0.25) is 0 Å². The summed E-state index contributed by atoms with van der Waals surface area (Å²) in [6.07, 6.45) is 21.9. The first-order chi connectivity index (χ1) is 19.5. The van der Waals surface area contributed by atoms with Gasteiger partial charge in [0, 0.05) is 34.1 Å². The summed E-state index contributed by atoms with van der Waals surface area (Å²) in [4.78, 5) is 31.2. The molecule has 4 fully saturated rings. The van der Waals surface area contributed by atoms with E-state index in [4.69, 9.17) is 21.4 Å². The van der Waals surface area contributed by atoms with E-state index in [0.717, 1.165) is 90.7 Å². The SMILES string of the molecule is C#CC1CCC2(CC1)C[C@H]2N1CCC(c2ncc3c(n2)-n2c(nc(=O)c4c(Br)cccc42)C32CCCCC2)CC1. The van der Waals surface area contributed by atoms with Crippen LogP contribution in [-0.4, -0.2) is 43.6 Å². The van der Waals surface area contributed by atoms with E-state index < -0.39 is 0 Å². The summed E-state index contributed by atoms with van der Waals surface area (Å²) in [6, 6.07) is 6.72. The average Bonchev–Trinajstić information content (AvgIpc) is 3.63. The molecule has 206 valence electrons. The van der Waals surface area contributed by atoms with Crippen molar-refractivity contribution in [3.8, 4) is 18.2 Å². The van der Waals surface area contributed by atoms with Crippen molar-refractivity contribution in [2.45, 2.75) is 94.4 Å². The molecule has 2 aliphatic heterocycles. The molecular weight excluding hydrogens is 562 g/mol. The second-order valence-corrected chi connectivity index (χ2v) is 14.0. The Bertz CT molecular complexity index is 1600. The van der Waals surface area contributed by atoms with Crippen LogP contribution in [0.15, 0.2) is 33.7 Å². The minimum atomic E-state index is -0.260. The summed E-state index contributed by atoms with van der Waals surface area (Å²) in [6.45, 7) is 2.25. The highest BCUT2D eigenvalue weighted by Gasteiger charge is 2.57. The van der Waals surface area contributed by atoms with Crippen molar-refractivity contribution in [2.75, 3.05) is 13.1 Å². The van der Waals surface area contributed by atoms with Gasteiger partial charge in [0.05, 0.1) is 16.3 Å². The molecule has 0 unspecified atom stereocenters. The first-order valence-corrected chi connectivity index (χ1v) is 16.1. The van der Waals surface area contributed by atoms with Crippen molar-refractivity contribution in [3.63, 3.8) is 0 Å². The maximum absolute atomic E-state index is 13.3. The fraction of sp³-hybridized carbons (Fsp3) is 0.576. The van der Waals surface area contributed by atoms with Crippen LogP contribution in [0.3, 0.4) is 0 Å². The third-order valence-corrected chi connectivity index (χ3v) is 11.9. The van der Waals surface area contributed by atoms with Crippen LogP contribution in [0.4, 0.5) is 0 Å². The van der Waals surface area contributed by atoms with E-state index in [1.165, 1.54) is 38.5 Å². The van der Waals surface area contributed by atoms with E-state index in [1.807, 2.05) is 18.2 Å². The molecular formula is C33H36BrN5O. The average molecular weight is 599 g/mol. The molecule has 3 aromatic rings. The van der Waals surface area contributed by atoms with Gasteiger partial charge in [0.1, 0.15) is 17.5 Å². The number of hydrogen-bond donors (Lipinski definition) is 0. The van der Waals surface area contributed by atoms with Gasteiger partial charge in [-0.3, -0.25) is 14.3 Å². The number of fused-ring (bicyclic) bond motifs is 7. The van der Waals surface area contributed by atoms with Crippen molar-refractivity contribution in [1.29, 1.82) is 0 Å². The highest BCUT2D eigenvalue weighted by molar-refractivity contribution is 9.10. The lowest BCUT2D eigenvalue weighted by molar-refractivity contribution is 0.154. The number of likely N-dealkylation sites (tertiary alicyclic amines) is 1. The summed E-state index contributed by atoms with van der Waals surface area (Å²) in [7, 11) is 0. The van der Waals surface area contributed by atoms with E-state index in [1.54, 1.807) is 0 Å². The molecule has 7 heteroatoms. The Labute approximate surface area is 244 Å². The second kappa shape index (κ2) is 9.22. The van der Waals surface area contributed by atoms with Gasteiger partial charge in [-0.2, -0.15) is 4.98 Å². The predicted octanol–water partition coefficient (Wildman–Crippen LogP) is 6.26. The van der Waals surface area contributed by atoms with E-state index >= 15 is 0 Å². The lowest BCUT2D eigenvalue weighted by Crippen LogP contribution is -2.38. The lowest BCUT2D eigenvalue weighted by Gasteiger charge is -2.35. The second-order valence-electron chi connectivity index (χ2n) is 13.2. The topological polar surface area (TPSA) is 63.9 Å². The maximum atomic E-state index is 13.3. The Morgan fingerprint density at radius 2 is 1.77 bits per heavy atom. The monoisotopic (exact) mass is 597 g/mol. The van der Waals surface area contributed by atoms with E-state index in [0.29, 0.717) is 22.6 Å². The molecule has 1 saturated heterocycles. The van der Waals surface area contributed by atoms with Crippen molar-refractivity contribution >= 4 is 26.8 Å². The molecule has 8 rings (SSSR count). The number of rotatable bonds is 2. The van der Waals surface area contributed by atoms with E-state index in [2.05, 4.69) is 37.5 Å². The third-order valence-electron chi connectivity index (χ3n) is 11.2. The number of hydrogen-bond acceptors (Lipinski definition) is 5. The van der Waals surface area contributed by atoms with Crippen molar-refractivity contribution < 1.29 is 0 Å². The molecule has 0 bridgehead atoms. The molecule has 0 N–H and O–H groups in total. The number of terminal acetylenes is 1. The molecule has 5 aliphatic rings. The zero-order chi connectivity index (χ0) is 27.1. The maximum Gasteiger partial charge on any atom is 0.281 e. The fourth-order valence-corrected chi connectivity index (χ4v) is 9.36. The molecule has 6 nitrogen and oxygen atoms in total. The van der Waals surface area contributed by atoms with Crippen molar-refractivity contribution in [1.82, 2.24) is 24.4 Å². The summed E-state index contributed by atoms with van der Waals surface area (Å²) in [5, 5.41) is 0.633. The van der Waals surface area contributed by atoms with Gasteiger partial charge >= 0.3 is 0 Å². The van der Waals surface area contributed by atoms with Gasteiger partial charge in [0.25, 0.3) is 5.56 Å². The van der Waals surface area contributed by atoms with Gasteiger partial charge in [0.15, 0.2) is 0 Å². The number of nitrogens with zero attached hydrogens (tertiary/aromatic N) is 5. The Balaban J connectivity index is 1.10. The van der Waals surface area contributed by atoms with Crippen LogP contribution in [0.2, 0.25) is 0 Å². The summed E-state index contributed by atoms with van der Waals surface area (Å²) < 4.78 is 2.99. The molecule has 1 aromatic carbocycles. The zero-order valence-corrected chi connectivity index (χ0v) is 24.6. The van der Waals surface area contributed by atoms with Gasteiger partial charge in [-0.15, -0.1) is 12.3 Å². The van der Waals surface area contributed by atoms with E-state index in [-0.39, 0.29) is 11.0 Å². The van der Waals surface area contributed by atoms with Gasteiger partial charge in [-0.1, -0.05) is 25.3 Å². The molecule has 3 aliphatic carbocycles. The number of aromatic nitrogens is 4. The first-order valence-electron chi connectivity index (χ1n) is 15.3. The highest BCUT2D eigenvalue weighted by atomic mass is 79.9. The van der Waals surface area contributed by atoms with E-state index in [9.17, 15) is 4.79 Å². The molecule has 0 amide bonds. The summed E-state index contributed by atoms with van der Waals surface area (Å²) >= 11 is 3.62. The lowest BCUT2D eigenvalue weighted by atomic mass is 9.70. The van der Waals surface area contributed by atoms with Crippen LogP contribution in [-0.2, 0) is 5.41 Å². The van der Waals surface area contributed by atoms with Crippen LogP contribution in [0.5, 0.6) is 0 Å². The van der Waals surface area contributed by atoms with Gasteiger partial charge < -0.3 is 0 Å². The standard InChI is InChI=1S/C33H36BrN5O/c1-2-21-9-15-32(16-10-21)19-26(32)38-17-11-22(12-18-38)28-35-20-23-29(36-28)39-25-8-6-7-24(34)27(25)30(40)37-31(39)33(23)13-4-3-5-14-33/h1,6-8,20-22,26H,3-5,9-19H2/t21?,26-,32?/m1/s1. The zero-order valence-electron chi connectivity index (χ0n) is 23.0. The van der Waals surface area contributed by atoms with Crippen LogP contribution < -0.4 is 5.56 Å². The largest absolute Gasteiger partial charge is 0.300 e. The number of benzene rings is 1. The normalized spacial score (nSPS) is 29.4. The molecule has 2 aromatic heterocycles. The molecule has 3 saturated carbocycles. The Hall–Kier alpha value is -2.56. The highest BCUT2D eigenvalue weighted by Crippen LogP contribution is 2.60. The Kier molecular flexibility index (Phi) is 5.81. The van der Waals surface area contributed by atoms with Crippen molar-refractivity contribution in [3.05, 3.63) is 56.4 Å². The number of piperidine rings is 1. The summed E-state index contributed by atoms with van der Waals surface area (Å²) in [5.41, 5.74) is 2.19. The van der Waals surface area contributed by atoms with Gasteiger partial charge in [-0.25, -0.2) is 9.97 Å². The third kappa shape index (κ3) is 3.64. The quantitative estimate of drug-likeness (QED) is 0.326. The Morgan fingerprint density at radius 1 is 1.00 bits per heavy atom. The molecule has 4 heterocycles. The van der Waals surface area contributed by atoms with Gasteiger partial charge in [-0.05, 0) is 104 Å². The predicted molar refractivity (Wildman–Crippen MR) is 160 cm³/mol. The minimum absolute atomic E-state index is 0.155.